The third-order valence-electron chi connectivity index (χ3n) is 2.91. The van der Waals surface area contributed by atoms with E-state index in [1.807, 2.05) is 6.07 Å². The third-order valence-corrected chi connectivity index (χ3v) is 3.10. The van der Waals surface area contributed by atoms with Crippen LogP contribution in [-0.4, -0.2) is 26.1 Å². The van der Waals surface area contributed by atoms with Crippen molar-refractivity contribution in [2.24, 2.45) is 0 Å². The monoisotopic (exact) mass is 241 g/mol. The summed E-state index contributed by atoms with van der Waals surface area (Å²) in [7, 11) is 1.71. The lowest BCUT2D eigenvalue weighted by atomic mass is 10.00. The van der Waals surface area contributed by atoms with Gasteiger partial charge < -0.3 is 10.1 Å². The lowest BCUT2D eigenvalue weighted by molar-refractivity contribution is 0.411. The number of methoxy groups -OCH3 is 1. The molecule has 0 aliphatic rings. The summed E-state index contributed by atoms with van der Waals surface area (Å²) in [5.41, 5.74) is 3.93. The van der Waals surface area contributed by atoms with Crippen LogP contribution in [-0.2, 0) is 6.42 Å². The van der Waals surface area contributed by atoms with Gasteiger partial charge in [-0.15, -0.1) is 11.6 Å². The molecule has 3 heteroatoms. The van der Waals surface area contributed by atoms with Crippen molar-refractivity contribution in [3.63, 3.8) is 0 Å². The van der Waals surface area contributed by atoms with Crippen LogP contribution in [0.3, 0.4) is 0 Å². The summed E-state index contributed by atoms with van der Waals surface area (Å²) in [5.74, 6) is 1.63. The highest BCUT2D eigenvalue weighted by molar-refractivity contribution is 6.18. The van der Waals surface area contributed by atoms with Gasteiger partial charge in [-0.3, -0.25) is 0 Å². The van der Waals surface area contributed by atoms with E-state index >= 15 is 0 Å². The summed E-state index contributed by atoms with van der Waals surface area (Å²) in [6.07, 6.45) is 1.04. The van der Waals surface area contributed by atoms with Gasteiger partial charge in [0.1, 0.15) is 5.75 Å². The first kappa shape index (κ1) is 13.3. The number of rotatable bonds is 6. The molecule has 1 aromatic carbocycles. The smallest absolute Gasteiger partial charge is 0.122 e. The molecule has 0 aliphatic carbocycles. The maximum Gasteiger partial charge on any atom is 0.122 e. The fraction of sp³-hybridized carbons (Fsp3) is 0.538. The van der Waals surface area contributed by atoms with Gasteiger partial charge in [-0.25, -0.2) is 0 Å². The van der Waals surface area contributed by atoms with Crippen LogP contribution in [0.5, 0.6) is 5.75 Å². The van der Waals surface area contributed by atoms with Crippen molar-refractivity contribution in [2.45, 2.75) is 20.3 Å². The van der Waals surface area contributed by atoms with E-state index in [0.29, 0.717) is 5.88 Å². The Kier molecular flexibility index (Phi) is 5.64. The van der Waals surface area contributed by atoms with E-state index in [0.717, 1.165) is 25.3 Å². The van der Waals surface area contributed by atoms with Crippen LogP contribution in [0.2, 0.25) is 0 Å². The minimum absolute atomic E-state index is 0.667. The van der Waals surface area contributed by atoms with Crippen molar-refractivity contribution < 1.29 is 4.74 Å². The second-order valence-corrected chi connectivity index (χ2v) is 4.24. The van der Waals surface area contributed by atoms with Crippen LogP contribution in [0.4, 0.5) is 0 Å². The minimum atomic E-state index is 0.667. The normalized spacial score (nSPS) is 10.5. The highest BCUT2D eigenvalue weighted by Crippen LogP contribution is 2.23. The molecule has 0 atom stereocenters. The molecule has 0 heterocycles. The zero-order chi connectivity index (χ0) is 12.0. The molecule has 0 fully saturated rings. The summed E-state index contributed by atoms with van der Waals surface area (Å²) >= 11 is 5.60. The number of ether oxygens (including phenoxy) is 1. The quantitative estimate of drug-likeness (QED) is 0.611. The van der Waals surface area contributed by atoms with Gasteiger partial charge in [-0.1, -0.05) is 6.07 Å². The standard InChI is InChI=1S/C13H20ClNO/c1-10-11(2)13(16-3)5-4-12(10)6-8-15-9-7-14/h4-5,15H,6-9H2,1-3H3. The fourth-order valence-corrected chi connectivity index (χ4v) is 1.89. The number of halogens is 1. The van der Waals surface area contributed by atoms with Gasteiger partial charge in [0.25, 0.3) is 0 Å². The van der Waals surface area contributed by atoms with Crippen molar-refractivity contribution in [1.29, 1.82) is 0 Å². The topological polar surface area (TPSA) is 21.3 Å². The maximum atomic E-state index is 5.60. The molecule has 2 nitrogen and oxygen atoms in total. The van der Waals surface area contributed by atoms with Gasteiger partial charge >= 0.3 is 0 Å². The minimum Gasteiger partial charge on any atom is -0.496 e. The molecule has 16 heavy (non-hydrogen) atoms. The van der Waals surface area contributed by atoms with E-state index in [1.165, 1.54) is 16.7 Å². The molecule has 0 spiro atoms. The molecule has 0 unspecified atom stereocenters. The van der Waals surface area contributed by atoms with E-state index in [4.69, 9.17) is 16.3 Å². The molecular weight excluding hydrogens is 222 g/mol. The third kappa shape index (κ3) is 3.39. The van der Waals surface area contributed by atoms with Crippen molar-refractivity contribution in [1.82, 2.24) is 5.32 Å². The molecule has 90 valence electrons. The maximum absolute atomic E-state index is 5.60. The van der Waals surface area contributed by atoms with Gasteiger partial charge in [-0.05, 0) is 49.6 Å². The summed E-state index contributed by atoms with van der Waals surface area (Å²) in [4.78, 5) is 0. The summed E-state index contributed by atoms with van der Waals surface area (Å²) < 4.78 is 5.29. The van der Waals surface area contributed by atoms with Crippen molar-refractivity contribution >= 4 is 11.6 Å². The van der Waals surface area contributed by atoms with E-state index in [-0.39, 0.29) is 0 Å². The largest absolute Gasteiger partial charge is 0.496 e. The van der Waals surface area contributed by atoms with Gasteiger partial charge in [0.2, 0.25) is 0 Å². The molecule has 0 saturated heterocycles. The van der Waals surface area contributed by atoms with E-state index in [9.17, 15) is 0 Å². The predicted molar refractivity (Wildman–Crippen MR) is 69.8 cm³/mol. The van der Waals surface area contributed by atoms with Gasteiger partial charge in [0.15, 0.2) is 0 Å². The molecule has 0 aromatic heterocycles. The van der Waals surface area contributed by atoms with E-state index in [2.05, 4.69) is 25.2 Å². The Labute approximate surface area is 103 Å². The first-order valence-corrected chi connectivity index (χ1v) is 6.14. The number of hydrogen-bond acceptors (Lipinski definition) is 2. The lowest BCUT2D eigenvalue weighted by Crippen LogP contribution is -2.19. The second-order valence-electron chi connectivity index (χ2n) is 3.87. The van der Waals surface area contributed by atoms with Crippen molar-refractivity contribution in [3.8, 4) is 5.75 Å². The number of alkyl halides is 1. The van der Waals surface area contributed by atoms with Gasteiger partial charge in [0.05, 0.1) is 7.11 Å². The highest BCUT2D eigenvalue weighted by atomic mass is 35.5. The zero-order valence-corrected chi connectivity index (χ0v) is 11.0. The second kappa shape index (κ2) is 6.77. The van der Waals surface area contributed by atoms with Crippen molar-refractivity contribution in [2.75, 3.05) is 26.1 Å². The number of nitrogens with one attached hydrogen (secondary N) is 1. The Hall–Kier alpha value is -0.730. The molecular formula is C13H20ClNO. The van der Waals surface area contributed by atoms with E-state index < -0.39 is 0 Å². The van der Waals surface area contributed by atoms with Gasteiger partial charge in [-0.2, -0.15) is 0 Å². The summed E-state index contributed by atoms with van der Waals surface area (Å²) in [6.45, 7) is 6.09. The Morgan fingerprint density at radius 1 is 1.19 bits per heavy atom. The number of benzene rings is 1. The summed E-state index contributed by atoms with van der Waals surface area (Å²) in [6, 6.07) is 4.18. The predicted octanol–water partition coefficient (Wildman–Crippen LogP) is 2.68. The molecule has 0 aliphatic heterocycles. The first-order chi connectivity index (χ1) is 7.70. The molecule has 1 N–H and O–H groups in total. The van der Waals surface area contributed by atoms with Crippen LogP contribution < -0.4 is 10.1 Å². The highest BCUT2D eigenvalue weighted by Gasteiger charge is 2.05. The van der Waals surface area contributed by atoms with Crippen LogP contribution in [0, 0.1) is 13.8 Å². The SMILES string of the molecule is COc1ccc(CCNCCCl)c(C)c1C. The number of hydrogen-bond donors (Lipinski definition) is 1. The van der Waals surface area contributed by atoms with Crippen molar-refractivity contribution in [3.05, 3.63) is 28.8 Å². The first-order valence-electron chi connectivity index (χ1n) is 5.60. The average Bonchev–Trinajstić information content (AvgIpc) is 2.30. The Balaban J connectivity index is 2.64. The molecule has 0 amide bonds. The van der Waals surface area contributed by atoms with Gasteiger partial charge in [0, 0.05) is 12.4 Å². The molecule has 1 rings (SSSR count). The van der Waals surface area contributed by atoms with Crippen LogP contribution in [0.25, 0.3) is 0 Å². The Morgan fingerprint density at radius 3 is 2.56 bits per heavy atom. The van der Waals surface area contributed by atoms with Crippen LogP contribution >= 0.6 is 11.6 Å². The lowest BCUT2D eigenvalue weighted by Gasteiger charge is -2.12. The van der Waals surface area contributed by atoms with E-state index in [1.54, 1.807) is 7.11 Å². The molecule has 0 radical (unpaired) electrons. The van der Waals surface area contributed by atoms with Crippen LogP contribution in [0.15, 0.2) is 12.1 Å². The summed E-state index contributed by atoms with van der Waals surface area (Å²) in [5, 5.41) is 3.30. The fourth-order valence-electron chi connectivity index (χ4n) is 1.76. The Morgan fingerprint density at radius 2 is 1.94 bits per heavy atom. The molecule has 0 saturated carbocycles. The molecule has 1 aromatic rings. The Bertz CT molecular complexity index is 339. The average molecular weight is 242 g/mol. The van der Waals surface area contributed by atoms with Crippen LogP contribution in [0.1, 0.15) is 16.7 Å². The molecule has 0 bridgehead atoms. The zero-order valence-electron chi connectivity index (χ0n) is 10.3.